The number of carbonyl (C=O) groups excluding carboxylic acids is 2. The van der Waals surface area contributed by atoms with Crippen molar-refractivity contribution in [2.75, 3.05) is 6.61 Å². The number of hydrogen-bond donors (Lipinski definition) is 0. The van der Waals surface area contributed by atoms with Crippen LogP contribution < -0.4 is 0 Å². The van der Waals surface area contributed by atoms with E-state index in [1.807, 2.05) is 32.9 Å². The number of benzene rings is 1. The Hall–Kier alpha value is -2.73. The second-order valence-electron chi connectivity index (χ2n) is 6.72. The largest absolute Gasteiger partial charge is 0.453 e. The summed E-state index contributed by atoms with van der Waals surface area (Å²) in [6.07, 6.45) is 0.733. The summed E-state index contributed by atoms with van der Waals surface area (Å²) in [7, 11) is 0. The minimum Gasteiger partial charge on any atom is -0.453 e. The zero-order valence-corrected chi connectivity index (χ0v) is 16.9. The number of nitrogens with zero attached hydrogens (tertiary/aromatic N) is 1. The molecule has 4 nitrogen and oxygen atoms in total. The quantitative estimate of drug-likeness (QED) is 0.420. The lowest BCUT2D eigenvalue weighted by Gasteiger charge is -2.10. The van der Waals surface area contributed by atoms with Gasteiger partial charge in [-0.15, -0.1) is 11.3 Å². The smallest absolute Gasteiger partial charge is 0.348 e. The topological polar surface area (TPSA) is 48.3 Å². The van der Waals surface area contributed by atoms with Crippen molar-refractivity contribution in [3.8, 4) is 0 Å². The fraction of sp³-hybridized carbons (Fsp3) is 0.273. The Morgan fingerprint density at radius 1 is 1.07 bits per heavy atom. The van der Waals surface area contributed by atoms with E-state index in [-0.39, 0.29) is 18.2 Å². The average Bonchev–Trinajstić information content (AvgIpc) is 3.23. The molecular formula is C22H22FNO3S. The second-order valence-corrected chi connectivity index (χ2v) is 8.01. The van der Waals surface area contributed by atoms with Gasteiger partial charge in [-0.05, 0) is 63.1 Å². The molecule has 0 saturated carbocycles. The third-order valence-electron chi connectivity index (χ3n) is 4.69. The lowest BCUT2D eigenvalue weighted by atomic mass is 10.1. The summed E-state index contributed by atoms with van der Waals surface area (Å²) in [5.74, 6) is -0.948. The van der Waals surface area contributed by atoms with Gasteiger partial charge in [0.25, 0.3) is 0 Å². The standard InChI is InChI=1S/C22H22FNO3S/c1-14-12-19(20(25)13-27-22(26)21-9-4-15(2)28-21)16(3)24(14)11-10-17-5-7-18(23)8-6-17/h4-9,12H,10-11,13H2,1-3H3. The summed E-state index contributed by atoms with van der Waals surface area (Å²) >= 11 is 1.34. The molecule has 3 rings (SSSR count). The number of aromatic nitrogens is 1. The van der Waals surface area contributed by atoms with Gasteiger partial charge in [-0.1, -0.05) is 12.1 Å². The van der Waals surface area contributed by atoms with Crippen LogP contribution in [0.1, 0.15) is 41.9 Å². The molecule has 0 aliphatic rings. The molecule has 0 atom stereocenters. The Morgan fingerprint density at radius 3 is 2.43 bits per heavy atom. The van der Waals surface area contributed by atoms with Gasteiger partial charge in [0.15, 0.2) is 6.61 Å². The van der Waals surface area contributed by atoms with Crippen LogP contribution in [-0.2, 0) is 17.7 Å². The van der Waals surface area contributed by atoms with E-state index < -0.39 is 5.97 Å². The molecule has 3 aromatic rings. The summed E-state index contributed by atoms with van der Waals surface area (Å²) in [5.41, 5.74) is 3.39. The maximum Gasteiger partial charge on any atom is 0.348 e. The number of Topliss-reactive ketones (excluding diaryl/α,β-unsaturated/α-hetero) is 1. The molecule has 0 aliphatic carbocycles. The zero-order valence-electron chi connectivity index (χ0n) is 16.1. The molecular weight excluding hydrogens is 377 g/mol. The predicted molar refractivity (Wildman–Crippen MR) is 108 cm³/mol. The number of aryl methyl sites for hydroxylation is 3. The van der Waals surface area contributed by atoms with E-state index in [9.17, 15) is 14.0 Å². The molecule has 28 heavy (non-hydrogen) atoms. The first kappa shape index (κ1) is 20.0. The number of rotatable bonds is 7. The monoisotopic (exact) mass is 399 g/mol. The molecule has 0 unspecified atom stereocenters. The summed E-state index contributed by atoms with van der Waals surface area (Å²) < 4.78 is 20.3. The van der Waals surface area contributed by atoms with Crippen molar-refractivity contribution in [3.05, 3.63) is 80.6 Å². The van der Waals surface area contributed by atoms with Crippen molar-refractivity contribution in [1.29, 1.82) is 0 Å². The predicted octanol–water partition coefficient (Wildman–Crippen LogP) is 4.90. The highest BCUT2D eigenvalue weighted by molar-refractivity contribution is 7.13. The molecule has 0 fully saturated rings. The molecule has 1 aromatic carbocycles. The molecule has 2 heterocycles. The minimum atomic E-state index is -0.475. The maximum atomic E-state index is 13.0. The molecule has 0 spiro atoms. The van der Waals surface area contributed by atoms with Crippen molar-refractivity contribution in [2.24, 2.45) is 0 Å². The first-order valence-electron chi connectivity index (χ1n) is 9.03. The Kier molecular flexibility index (Phi) is 6.09. The highest BCUT2D eigenvalue weighted by Crippen LogP contribution is 2.19. The molecule has 0 amide bonds. The van der Waals surface area contributed by atoms with Crippen molar-refractivity contribution in [3.63, 3.8) is 0 Å². The summed E-state index contributed by atoms with van der Waals surface area (Å²) in [5, 5.41) is 0. The number of thiophene rings is 1. The number of esters is 1. The Morgan fingerprint density at radius 2 is 1.79 bits per heavy atom. The number of hydrogen-bond acceptors (Lipinski definition) is 4. The fourth-order valence-electron chi connectivity index (χ4n) is 3.14. The molecule has 0 radical (unpaired) electrons. The van der Waals surface area contributed by atoms with Crippen LogP contribution in [0.25, 0.3) is 0 Å². The van der Waals surface area contributed by atoms with Crippen LogP contribution in [0.2, 0.25) is 0 Å². The molecule has 2 aromatic heterocycles. The lowest BCUT2D eigenvalue weighted by molar-refractivity contribution is 0.0479. The van der Waals surface area contributed by atoms with Crippen LogP contribution in [0, 0.1) is 26.6 Å². The SMILES string of the molecule is Cc1ccc(C(=O)OCC(=O)c2cc(C)n(CCc3ccc(F)cc3)c2C)s1. The number of halogens is 1. The van der Waals surface area contributed by atoms with E-state index >= 15 is 0 Å². The van der Waals surface area contributed by atoms with Crippen molar-refractivity contribution < 1.29 is 18.7 Å². The molecule has 0 N–H and O–H groups in total. The van der Waals surface area contributed by atoms with E-state index in [1.165, 1.54) is 23.5 Å². The van der Waals surface area contributed by atoms with Crippen LogP contribution >= 0.6 is 11.3 Å². The summed E-state index contributed by atoms with van der Waals surface area (Å²) in [6.45, 7) is 6.14. The molecule has 146 valence electrons. The van der Waals surface area contributed by atoms with Gasteiger partial charge in [0, 0.05) is 28.4 Å². The van der Waals surface area contributed by atoms with Gasteiger partial charge in [0.1, 0.15) is 10.7 Å². The Labute approximate surface area is 167 Å². The third kappa shape index (κ3) is 4.57. The second kappa shape index (κ2) is 8.52. The molecule has 6 heteroatoms. The lowest BCUT2D eigenvalue weighted by Crippen LogP contribution is -2.14. The van der Waals surface area contributed by atoms with Crippen LogP contribution in [0.4, 0.5) is 4.39 Å². The van der Waals surface area contributed by atoms with Crippen molar-refractivity contribution in [2.45, 2.75) is 33.7 Å². The molecule has 0 aliphatic heterocycles. The van der Waals surface area contributed by atoms with Crippen molar-refractivity contribution >= 4 is 23.1 Å². The van der Waals surface area contributed by atoms with E-state index in [0.29, 0.717) is 17.0 Å². The third-order valence-corrected chi connectivity index (χ3v) is 5.67. The van der Waals surface area contributed by atoms with E-state index in [2.05, 4.69) is 4.57 Å². The van der Waals surface area contributed by atoms with E-state index in [0.717, 1.165) is 28.2 Å². The van der Waals surface area contributed by atoms with E-state index in [4.69, 9.17) is 4.74 Å². The maximum absolute atomic E-state index is 13.0. The van der Waals surface area contributed by atoms with Gasteiger partial charge < -0.3 is 9.30 Å². The Balaban J connectivity index is 1.64. The highest BCUT2D eigenvalue weighted by Gasteiger charge is 2.18. The zero-order chi connectivity index (χ0) is 20.3. The number of ether oxygens (including phenoxy) is 1. The molecule has 0 bridgehead atoms. The van der Waals surface area contributed by atoms with Crippen LogP contribution in [0.5, 0.6) is 0 Å². The minimum absolute atomic E-state index is 0.220. The van der Waals surface area contributed by atoms with Gasteiger partial charge in [0.05, 0.1) is 0 Å². The fourth-order valence-corrected chi connectivity index (χ4v) is 3.90. The van der Waals surface area contributed by atoms with Crippen LogP contribution in [0.3, 0.4) is 0 Å². The van der Waals surface area contributed by atoms with Gasteiger partial charge in [-0.3, -0.25) is 4.79 Å². The van der Waals surface area contributed by atoms with Crippen molar-refractivity contribution in [1.82, 2.24) is 4.57 Å². The summed E-state index contributed by atoms with van der Waals surface area (Å²) in [6, 6.07) is 11.8. The van der Waals surface area contributed by atoms with E-state index in [1.54, 1.807) is 18.2 Å². The first-order valence-corrected chi connectivity index (χ1v) is 9.84. The average molecular weight is 399 g/mol. The van der Waals surface area contributed by atoms with Gasteiger partial charge in [0.2, 0.25) is 5.78 Å². The van der Waals surface area contributed by atoms with Gasteiger partial charge in [-0.25, -0.2) is 9.18 Å². The van der Waals surface area contributed by atoms with Crippen LogP contribution in [0.15, 0.2) is 42.5 Å². The highest BCUT2D eigenvalue weighted by atomic mass is 32.1. The first-order chi connectivity index (χ1) is 13.3. The van der Waals surface area contributed by atoms with Crippen LogP contribution in [-0.4, -0.2) is 22.9 Å². The normalized spacial score (nSPS) is 10.9. The number of carbonyl (C=O) groups is 2. The Bertz CT molecular complexity index is 1000. The van der Waals surface area contributed by atoms with Gasteiger partial charge in [-0.2, -0.15) is 0 Å². The molecule has 0 saturated heterocycles. The summed E-state index contributed by atoms with van der Waals surface area (Å²) in [4.78, 5) is 26.1. The number of ketones is 1. The van der Waals surface area contributed by atoms with Gasteiger partial charge >= 0.3 is 5.97 Å².